The molecule has 4 nitrogen and oxygen atoms in total. The zero-order valence-electron chi connectivity index (χ0n) is 11.6. The van der Waals surface area contributed by atoms with Crippen molar-refractivity contribution in [2.75, 3.05) is 32.9 Å². The van der Waals surface area contributed by atoms with E-state index in [1.165, 1.54) is 0 Å². The van der Waals surface area contributed by atoms with Gasteiger partial charge in [-0.05, 0) is 17.7 Å². The summed E-state index contributed by atoms with van der Waals surface area (Å²) in [4.78, 5) is 0. The summed E-state index contributed by atoms with van der Waals surface area (Å²) < 4.78 is 17.2. The van der Waals surface area contributed by atoms with E-state index in [1.807, 2.05) is 12.1 Å². The lowest BCUT2D eigenvalue weighted by Crippen LogP contribution is -2.29. The fraction of sp³-hybridized carbons (Fsp3) is 0.600. The van der Waals surface area contributed by atoms with E-state index in [4.69, 9.17) is 14.2 Å². The fourth-order valence-electron chi connectivity index (χ4n) is 2.45. The van der Waals surface area contributed by atoms with Crippen LogP contribution in [0, 0.1) is 5.41 Å². The van der Waals surface area contributed by atoms with Crippen molar-refractivity contribution in [3.63, 3.8) is 0 Å². The van der Waals surface area contributed by atoms with Crippen LogP contribution in [0.2, 0.25) is 0 Å². The molecule has 1 aromatic carbocycles. The van der Waals surface area contributed by atoms with Crippen molar-refractivity contribution >= 4 is 0 Å². The third kappa shape index (κ3) is 2.85. The molecule has 3 rings (SSSR count). The maximum Gasteiger partial charge on any atom is 0.161 e. The van der Waals surface area contributed by atoms with Gasteiger partial charge in [-0.15, -0.1) is 0 Å². The fourth-order valence-corrected chi connectivity index (χ4v) is 2.45. The Balaban J connectivity index is 1.78. The van der Waals surface area contributed by atoms with Gasteiger partial charge in [0.25, 0.3) is 0 Å². The molecule has 0 spiro atoms. The Morgan fingerprint density at radius 3 is 2.79 bits per heavy atom. The second-order valence-electron chi connectivity index (χ2n) is 6.00. The van der Waals surface area contributed by atoms with Crippen LogP contribution in [0.5, 0.6) is 11.5 Å². The molecule has 4 heteroatoms. The zero-order valence-corrected chi connectivity index (χ0v) is 11.6. The highest BCUT2D eigenvalue weighted by atomic mass is 16.6. The molecule has 1 atom stereocenters. The van der Waals surface area contributed by atoms with Gasteiger partial charge >= 0.3 is 0 Å². The molecule has 0 saturated carbocycles. The summed E-state index contributed by atoms with van der Waals surface area (Å²) in [6.07, 6.45) is 0.0811. The standard InChI is InChI=1S/C15H21NO3/c1-15(2)9-16-8-14(19-10-15)11-3-4-12-13(7-11)18-6-5-17-12/h3-4,7,14,16H,5-6,8-10H2,1-2H3. The predicted octanol–water partition coefficient (Wildman–Crippen LogP) is 2.14. The van der Waals surface area contributed by atoms with Gasteiger partial charge in [0.2, 0.25) is 0 Å². The molecule has 0 radical (unpaired) electrons. The van der Waals surface area contributed by atoms with Crippen LogP contribution in [0.3, 0.4) is 0 Å². The third-order valence-corrected chi connectivity index (χ3v) is 3.55. The highest BCUT2D eigenvalue weighted by molar-refractivity contribution is 5.44. The first-order valence-corrected chi connectivity index (χ1v) is 6.86. The van der Waals surface area contributed by atoms with E-state index < -0.39 is 0 Å². The van der Waals surface area contributed by atoms with Crippen molar-refractivity contribution in [3.8, 4) is 11.5 Å². The minimum atomic E-state index is 0.0811. The second-order valence-corrected chi connectivity index (χ2v) is 6.00. The van der Waals surface area contributed by atoms with Crippen molar-refractivity contribution in [3.05, 3.63) is 23.8 Å². The van der Waals surface area contributed by atoms with Crippen molar-refractivity contribution in [1.29, 1.82) is 0 Å². The smallest absolute Gasteiger partial charge is 0.161 e. The molecule has 1 aromatic rings. The first-order chi connectivity index (χ1) is 9.14. The average Bonchev–Trinajstić information content (AvgIpc) is 2.59. The van der Waals surface area contributed by atoms with Crippen LogP contribution in [0.4, 0.5) is 0 Å². The number of hydrogen-bond donors (Lipinski definition) is 1. The predicted molar refractivity (Wildman–Crippen MR) is 72.8 cm³/mol. The van der Waals surface area contributed by atoms with E-state index in [2.05, 4.69) is 25.2 Å². The topological polar surface area (TPSA) is 39.7 Å². The van der Waals surface area contributed by atoms with Gasteiger partial charge in [0, 0.05) is 18.5 Å². The number of ether oxygens (including phenoxy) is 3. The molecule has 104 valence electrons. The van der Waals surface area contributed by atoms with Crippen LogP contribution in [0.15, 0.2) is 18.2 Å². The molecular formula is C15H21NO3. The SMILES string of the molecule is CC1(C)CNCC(c2ccc3c(c2)OCCO3)OC1. The Bertz CT molecular complexity index is 459. The molecule has 19 heavy (non-hydrogen) atoms. The average molecular weight is 263 g/mol. The van der Waals surface area contributed by atoms with Crippen LogP contribution >= 0.6 is 0 Å². The molecule has 1 fully saturated rings. The van der Waals surface area contributed by atoms with Gasteiger partial charge in [-0.3, -0.25) is 0 Å². The van der Waals surface area contributed by atoms with E-state index in [1.54, 1.807) is 0 Å². The molecular weight excluding hydrogens is 242 g/mol. The van der Waals surface area contributed by atoms with Gasteiger partial charge in [-0.25, -0.2) is 0 Å². The van der Waals surface area contributed by atoms with Gasteiger partial charge in [0.1, 0.15) is 13.2 Å². The van der Waals surface area contributed by atoms with E-state index in [0.717, 1.165) is 36.8 Å². The second kappa shape index (κ2) is 5.02. The number of fused-ring (bicyclic) bond motifs is 1. The van der Waals surface area contributed by atoms with Gasteiger partial charge in [0.15, 0.2) is 11.5 Å². The lowest BCUT2D eigenvalue weighted by Gasteiger charge is -2.23. The number of rotatable bonds is 1. The van der Waals surface area contributed by atoms with Gasteiger partial charge in [-0.2, -0.15) is 0 Å². The van der Waals surface area contributed by atoms with Crippen LogP contribution in [0.1, 0.15) is 25.5 Å². The Labute approximate surface area is 114 Å². The highest BCUT2D eigenvalue weighted by Crippen LogP contribution is 2.34. The third-order valence-electron chi connectivity index (χ3n) is 3.55. The largest absolute Gasteiger partial charge is 0.486 e. The molecule has 2 aliphatic heterocycles. The lowest BCUT2D eigenvalue weighted by atomic mass is 9.95. The zero-order chi connectivity index (χ0) is 13.3. The van der Waals surface area contributed by atoms with Crippen molar-refractivity contribution in [1.82, 2.24) is 5.32 Å². The molecule has 0 bridgehead atoms. The Morgan fingerprint density at radius 1 is 1.16 bits per heavy atom. The van der Waals surface area contributed by atoms with Crippen molar-refractivity contribution in [2.24, 2.45) is 5.41 Å². The molecule has 1 unspecified atom stereocenters. The molecule has 0 amide bonds. The van der Waals surface area contributed by atoms with Gasteiger partial charge < -0.3 is 19.5 Å². The van der Waals surface area contributed by atoms with E-state index in [-0.39, 0.29) is 11.5 Å². The summed E-state index contributed by atoms with van der Waals surface area (Å²) in [6, 6.07) is 6.08. The molecule has 2 heterocycles. The highest BCUT2D eigenvalue weighted by Gasteiger charge is 2.26. The van der Waals surface area contributed by atoms with E-state index in [9.17, 15) is 0 Å². The first-order valence-electron chi connectivity index (χ1n) is 6.86. The number of hydrogen-bond acceptors (Lipinski definition) is 4. The maximum atomic E-state index is 6.04. The van der Waals surface area contributed by atoms with Gasteiger partial charge in [0.05, 0.1) is 12.7 Å². The maximum absolute atomic E-state index is 6.04. The summed E-state index contributed by atoms with van der Waals surface area (Å²) in [6.45, 7) is 8.25. The summed E-state index contributed by atoms with van der Waals surface area (Å²) in [7, 11) is 0. The van der Waals surface area contributed by atoms with E-state index >= 15 is 0 Å². The Kier molecular flexibility index (Phi) is 3.37. The van der Waals surface area contributed by atoms with E-state index in [0.29, 0.717) is 13.2 Å². The number of benzene rings is 1. The lowest BCUT2D eigenvalue weighted by molar-refractivity contribution is 0.0257. The quantitative estimate of drug-likeness (QED) is 0.842. The normalized spacial score (nSPS) is 25.7. The van der Waals surface area contributed by atoms with Crippen LogP contribution in [-0.2, 0) is 4.74 Å². The summed E-state index contributed by atoms with van der Waals surface area (Å²) in [5.41, 5.74) is 1.33. The molecule has 0 aromatic heterocycles. The summed E-state index contributed by atoms with van der Waals surface area (Å²) in [5, 5.41) is 3.47. The Morgan fingerprint density at radius 2 is 1.95 bits per heavy atom. The molecule has 1 N–H and O–H groups in total. The van der Waals surface area contributed by atoms with Crippen LogP contribution in [-0.4, -0.2) is 32.9 Å². The molecule has 1 saturated heterocycles. The number of nitrogens with one attached hydrogen (secondary N) is 1. The first kappa shape index (κ1) is 12.8. The monoisotopic (exact) mass is 263 g/mol. The summed E-state index contributed by atoms with van der Waals surface area (Å²) >= 11 is 0. The van der Waals surface area contributed by atoms with Crippen molar-refractivity contribution in [2.45, 2.75) is 20.0 Å². The summed E-state index contributed by atoms with van der Waals surface area (Å²) in [5.74, 6) is 1.66. The minimum Gasteiger partial charge on any atom is -0.486 e. The van der Waals surface area contributed by atoms with Crippen molar-refractivity contribution < 1.29 is 14.2 Å². The Hall–Kier alpha value is -1.26. The minimum absolute atomic E-state index is 0.0811. The molecule has 2 aliphatic rings. The van der Waals surface area contributed by atoms with Gasteiger partial charge in [-0.1, -0.05) is 19.9 Å². The molecule has 0 aliphatic carbocycles. The van der Waals surface area contributed by atoms with Crippen LogP contribution in [0.25, 0.3) is 0 Å². The van der Waals surface area contributed by atoms with Crippen LogP contribution < -0.4 is 14.8 Å².